The van der Waals surface area contributed by atoms with E-state index in [4.69, 9.17) is 0 Å². The molecule has 2 atom stereocenters. The fourth-order valence-corrected chi connectivity index (χ4v) is 3.41. The standard InChI is InChI=1S/C18H34O/c1-3-5-6-7-8-9-10-14-18(19)17-13-11-12-16(4-2)15-17/h16-17H,3-15H2,1-2H3. The van der Waals surface area contributed by atoms with Crippen LogP contribution in [0.4, 0.5) is 0 Å². The maximum atomic E-state index is 12.2. The van der Waals surface area contributed by atoms with Crippen LogP contribution in [-0.2, 0) is 4.79 Å². The number of ketones is 1. The molecule has 0 radical (unpaired) electrons. The molecule has 0 N–H and O–H groups in total. The monoisotopic (exact) mass is 266 g/mol. The second kappa shape index (κ2) is 10.5. The molecule has 0 aromatic rings. The Balaban J connectivity index is 2.04. The molecule has 1 saturated carbocycles. The molecule has 1 nitrogen and oxygen atoms in total. The fourth-order valence-electron chi connectivity index (χ4n) is 3.41. The SMILES string of the molecule is CCCCCCCCCC(=O)C1CCCC(CC)C1. The first kappa shape index (κ1) is 16.7. The molecule has 112 valence electrons. The van der Waals surface area contributed by atoms with Crippen molar-refractivity contribution in [3.05, 3.63) is 0 Å². The molecule has 1 aliphatic rings. The third kappa shape index (κ3) is 7.13. The Morgan fingerprint density at radius 1 is 0.947 bits per heavy atom. The van der Waals surface area contributed by atoms with Gasteiger partial charge in [0, 0.05) is 12.3 Å². The molecule has 0 aromatic carbocycles. The normalized spacial score (nSPS) is 23.5. The van der Waals surface area contributed by atoms with Crippen molar-refractivity contribution in [1.29, 1.82) is 0 Å². The minimum atomic E-state index is 0.416. The van der Waals surface area contributed by atoms with Crippen LogP contribution in [0.25, 0.3) is 0 Å². The minimum Gasteiger partial charge on any atom is -0.299 e. The Morgan fingerprint density at radius 3 is 2.32 bits per heavy atom. The van der Waals surface area contributed by atoms with Gasteiger partial charge in [0.2, 0.25) is 0 Å². The summed E-state index contributed by atoms with van der Waals surface area (Å²) in [6, 6.07) is 0. The van der Waals surface area contributed by atoms with Crippen molar-refractivity contribution >= 4 is 5.78 Å². The summed E-state index contributed by atoms with van der Waals surface area (Å²) >= 11 is 0. The van der Waals surface area contributed by atoms with Crippen LogP contribution in [-0.4, -0.2) is 5.78 Å². The highest BCUT2D eigenvalue weighted by Gasteiger charge is 2.25. The zero-order valence-corrected chi connectivity index (χ0v) is 13.3. The van der Waals surface area contributed by atoms with Gasteiger partial charge in [0.05, 0.1) is 0 Å². The van der Waals surface area contributed by atoms with Crippen LogP contribution in [0.1, 0.15) is 97.3 Å². The van der Waals surface area contributed by atoms with Crippen molar-refractivity contribution in [2.45, 2.75) is 97.3 Å². The van der Waals surface area contributed by atoms with Crippen molar-refractivity contribution in [2.75, 3.05) is 0 Å². The predicted molar refractivity (Wildman–Crippen MR) is 83.4 cm³/mol. The Hall–Kier alpha value is -0.330. The van der Waals surface area contributed by atoms with Gasteiger partial charge in [-0.15, -0.1) is 0 Å². The number of carbonyl (C=O) groups excluding carboxylic acids is 1. The molecule has 0 bridgehead atoms. The summed E-state index contributed by atoms with van der Waals surface area (Å²) in [6.45, 7) is 4.53. The average Bonchev–Trinajstić information content (AvgIpc) is 2.46. The highest BCUT2D eigenvalue weighted by molar-refractivity contribution is 5.81. The summed E-state index contributed by atoms with van der Waals surface area (Å²) in [4.78, 5) is 12.2. The number of rotatable bonds is 10. The first-order chi connectivity index (χ1) is 9.27. The Labute approximate surface area is 120 Å². The second-order valence-electron chi connectivity index (χ2n) is 6.48. The molecular weight excluding hydrogens is 232 g/mol. The minimum absolute atomic E-state index is 0.416. The first-order valence-electron chi connectivity index (χ1n) is 8.80. The van der Waals surface area contributed by atoms with Gasteiger partial charge in [-0.3, -0.25) is 4.79 Å². The molecule has 19 heavy (non-hydrogen) atoms. The van der Waals surface area contributed by atoms with E-state index in [2.05, 4.69) is 13.8 Å². The van der Waals surface area contributed by atoms with Crippen LogP contribution in [0.15, 0.2) is 0 Å². The molecule has 0 amide bonds. The predicted octanol–water partition coefficient (Wildman–Crippen LogP) is 5.91. The topological polar surface area (TPSA) is 17.1 Å². The summed E-state index contributed by atoms with van der Waals surface area (Å²) in [7, 11) is 0. The van der Waals surface area contributed by atoms with Crippen LogP contribution < -0.4 is 0 Å². The van der Waals surface area contributed by atoms with E-state index in [0.29, 0.717) is 11.7 Å². The fraction of sp³-hybridized carbons (Fsp3) is 0.944. The number of hydrogen-bond donors (Lipinski definition) is 0. The van der Waals surface area contributed by atoms with Crippen molar-refractivity contribution < 1.29 is 4.79 Å². The third-order valence-corrected chi connectivity index (χ3v) is 4.84. The van der Waals surface area contributed by atoms with Crippen LogP contribution >= 0.6 is 0 Å². The highest BCUT2D eigenvalue weighted by atomic mass is 16.1. The van der Waals surface area contributed by atoms with Gasteiger partial charge >= 0.3 is 0 Å². The van der Waals surface area contributed by atoms with E-state index in [1.807, 2.05) is 0 Å². The molecule has 1 aliphatic carbocycles. The van der Waals surface area contributed by atoms with Gasteiger partial charge < -0.3 is 0 Å². The smallest absolute Gasteiger partial charge is 0.135 e. The number of unbranched alkanes of at least 4 members (excludes halogenated alkanes) is 6. The van der Waals surface area contributed by atoms with Crippen molar-refractivity contribution in [2.24, 2.45) is 11.8 Å². The zero-order valence-electron chi connectivity index (χ0n) is 13.3. The molecule has 0 saturated heterocycles. The lowest BCUT2D eigenvalue weighted by atomic mass is 9.77. The molecule has 0 heterocycles. The lowest BCUT2D eigenvalue weighted by molar-refractivity contribution is -0.124. The van der Waals surface area contributed by atoms with Crippen molar-refractivity contribution in [3.63, 3.8) is 0 Å². The molecular formula is C18H34O. The Kier molecular flexibility index (Phi) is 9.20. The number of Topliss-reactive ketones (excluding diaryl/α,β-unsaturated/α-hetero) is 1. The summed E-state index contributed by atoms with van der Waals surface area (Å²) in [5.41, 5.74) is 0. The number of hydrogen-bond acceptors (Lipinski definition) is 1. The highest BCUT2D eigenvalue weighted by Crippen LogP contribution is 2.32. The van der Waals surface area contributed by atoms with Gasteiger partial charge in [-0.1, -0.05) is 71.6 Å². The van der Waals surface area contributed by atoms with E-state index in [1.165, 1.54) is 70.6 Å². The van der Waals surface area contributed by atoms with Crippen LogP contribution in [0.3, 0.4) is 0 Å². The molecule has 0 aliphatic heterocycles. The van der Waals surface area contributed by atoms with E-state index in [9.17, 15) is 4.79 Å². The largest absolute Gasteiger partial charge is 0.299 e. The maximum Gasteiger partial charge on any atom is 0.135 e. The third-order valence-electron chi connectivity index (χ3n) is 4.84. The molecule has 1 rings (SSSR count). The summed E-state index contributed by atoms with van der Waals surface area (Å²) in [5.74, 6) is 1.82. The lowest BCUT2D eigenvalue weighted by Gasteiger charge is -2.27. The van der Waals surface area contributed by atoms with Gasteiger partial charge in [-0.25, -0.2) is 0 Å². The van der Waals surface area contributed by atoms with E-state index >= 15 is 0 Å². The average molecular weight is 266 g/mol. The van der Waals surface area contributed by atoms with Crippen LogP contribution in [0, 0.1) is 11.8 Å². The van der Waals surface area contributed by atoms with E-state index in [-0.39, 0.29) is 0 Å². The van der Waals surface area contributed by atoms with Crippen LogP contribution in [0.5, 0.6) is 0 Å². The molecule has 1 fully saturated rings. The maximum absolute atomic E-state index is 12.2. The van der Waals surface area contributed by atoms with E-state index < -0.39 is 0 Å². The zero-order chi connectivity index (χ0) is 13.9. The summed E-state index contributed by atoms with van der Waals surface area (Å²) in [6.07, 6.45) is 16.3. The van der Waals surface area contributed by atoms with Crippen molar-refractivity contribution in [3.8, 4) is 0 Å². The van der Waals surface area contributed by atoms with Gasteiger partial charge in [0.1, 0.15) is 5.78 Å². The lowest BCUT2D eigenvalue weighted by Crippen LogP contribution is -2.22. The van der Waals surface area contributed by atoms with Gasteiger partial charge in [-0.05, 0) is 25.2 Å². The summed E-state index contributed by atoms with van der Waals surface area (Å²) < 4.78 is 0. The molecule has 0 spiro atoms. The quantitative estimate of drug-likeness (QED) is 0.449. The van der Waals surface area contributed by atoms with Gasteiger partial charge in [-0.2, -0.15) is 0 Å². The van der Waals surface area contributed by atoms with Gasteiger partial charge in [0.25, 0.3) is 0 Å². The molecule has 0 aromatic heterocycles. The van der Waals surface area contributed by atoms with E-state index in [0.717, 1.165) is 18.8 Å². The Bertz CT molecular complexity index is 234. The first-order valence-corrected chi connectivity index (χ1v) is 8.80. The van der Waals surface area contributed by atoms with Crippen LogP contribution in [0.2, 0.25) is 0 Å². The Morgan fingerprint density at radius 2 is 1.63 bits per heavy atom. The van der Waals surface area contributed by atoms with E-state index in [1.54, 1.807) is 0 Å². The summed E-state index contributed by atoms with van der Waals surface area (Å²) in [5, 5.41) is 0. The second-order valence-corrected chi connectivity index (χ2v) is 6.48. The van der Waals surface area contributed by atoms with Crippen molar-refractivity contribution in [1.82, 2.24) is 0 Å². The molecule has 1 heteroatoms. The number of carbonyl (C=O) groups is 1. The molecule has 2 unspecified atom stereocenters. The van der Waals surface area contributed by atoms with Gasteiger partial charge in [0.15, 0.2) is 0 Å².